The summed E-state index contributed by atoms with van der Waals surface area (Å²) in [5.74, 6) is 0. The SMILES string of the molecule is COC1CCC=C(C)N=C1SC. The molecule has 0 saturated heterocycles. The summed E-state index contributed by atoms with van der Waals surface area (Å²) < 4.78 is 5.34. The van der Waals surface area contributed by atoms with Crippen LogP contribution in [0.15, 0.2) is 16.8 Å². The summed E-state index contributed by atoms with van der Waals surface area (Å²) in [6.45, 7) is 2.04. The van der Waals surface area contributed by atoms with Crippen molar-refractivity contribution in [1.82, 2.24) is 0 Å². The second-order valence-electron chi connectivity index (χ2n) is 2.80. The number of methoxy groups -OCH3 is 1. The summed E-state index contributed by atoms with van der Waals surface area (Å²) in [7, 11) is 1.75. The molecule has 1 unspecified atom stereocenters. The molecular formula is C9H15NOS. The third-order valence-corrected chi connectivity index (χ3v) is 2.70. The second-order valence-corrected chi connectivity index (χ2v) is 3.63. The molecule has 1 atom stereocenters. The Hall–Kier alpha value is -0.280. The van der Waals surface area contributed by atoms with E-state index in [1.807, 2.05) is 13.2 Å². The van der Waals surface area contributed by atoms with Crippen LogP contribution in [0, 0.1) is 0 Å². The summed E-state index contributed by atoms with van der Waals surface area (Å²) in [6.07, 6.45) is 6.53. The molecule has 0 bridgehead atoms. The first kappa shape index (κ1) is 9.81. The molecule has 0 aliphatic carbocycles. The van der Waals surface area contributed by atoms with E-state index < -0.39 is 0 Å². The first-order valence-electron chi connectivity index (χ1n) is 4.10. The number of aliphatic imine (C=N–C) groups is 1. The van der Waals surface area contributed by atoms with Crippen molar-refractivity contribution >= 4 is 16.8 Å². The van der Waals surface area contributed by atoms with Gasteiger partial charge in [0.2, 0.25) is 0 Å². The number of ether oxygens (including phenoxy) is 1. The highest BCUT2D eigenvalue weighted by molar-refractivity contribution is 8.13. The standard InChI is InChI=1S/C9H15NOS/c1-7-5-4-6-8(11-2)9(10-7)12-3/h5,8H,4,6H2,1-3H3. The number of hydrogen-bond donors (Lipinski definition) is 0. The first-order chi connectivity index (χ1) is 5.77. The molecule has 0 aromatic rings. The number of rotatable bonds is 1. The van der Waals surface area contributed by atoms with E-state index in [1.165, 1.54) is 0 Å². The summed E-state index contributed by atoms with van der Waals surface area (Å²) in [5, 5.41) is 1.10. The molecule has 1 aliphatic rings. The zero-order chi connectivity index (χ0) is 8.97. The molecule has 0 radical (unpaired) electrons. The average molecular weight is 185 g/mol. The lowest BCUT2D eigenvalue weighted by molar-refractivity contribution is 0.152. The van der Waals surface area contributed by atoms with Crippen LogP contribution in [0.5, 0.6) is 0 Å². The third kappa shape index (κ3) is 2.35. The number of nitrogens with zero attached hydrogens (tertiary/aromatic N) is 1. The molecule has 0 amide bonds. The predicted octanol–water partition coefficient (Wildman–Crippen LogP) is 2.46. The minimum absolute atomic E-state index is 0.202. The molecule has 1 heterocycles. The van der Waals surface area contributed by atoms with Crippen LogP contribution in [-0.4, -0.2) is 24.5 Å². The molecule has 68 valence electrons. The van der Waals surface area contributed by atoms with Crippen LogP contribution in [0.3, 0.4) is 0 Å². The van der Waals surface area contributed by atoms with Crippen molar-refractivity contribution in [2.45, 2.75) is 25.9 Å². The van der Waals surface area contributed by atoms with Crippen LogP contribution in [0.1, 0.15) is 19.8 Å². The van der Waals surface area contributed by atoms with Crippen LogP contribution in [0.25, 0.3) is 0 Å². The summed E-state index contributed by atoms with van der Waals surface area (Å²) >= 11 is 1.68. The lowest BCUT2D eigenvalue weighted by Crippen LogP contribution is -2.19. The zero-order valence-corrected chi connectivity index (χ0v) is 8.65. The van der Waals surface area contributed by atoms with E-state index in [0.29, 0.717) is 0 Å². The van der Waals surface area contributed by atoms with Gasteiger partial charge in [0.15, 0.2) is 0 Å². The summed E-state index contributed by atoms with van der Waals surface area (Å²) in [5.41, 5.74) is 1.11. The van der Waals surface area contributed by atoms with E-state index in [-0.39, 0.29) is 6.10 Å². The second kappa shape index (κ2) is 4.67. The third-order valence-electron chi connectivity index (χ3n) is 1.92. The van der Waals surface area contributed by atoms with Gasteiger partial charge in [0, 0.05) is 12.8 Å². The molecular weight excluding hydrogens is 170 g/mol. The Morgan fingerprint density at radius 1 is 1.67 bits per heavy atom. The molecule has 1 rings (SSSR count). The number of allylic oxidation sites excluding steroid dienone is 2. The Balaban J connectivity index is 2.76. The van der Waals surface area contributed by atoms with E-state index in [0.717, 1.165) is 23.6 Å². The highest BCUT2D eigenvalue weighted by Crippen LogP contribution is 2.18. The maximum atomic E-state index is 5.34. The van der Waals surface area contributed by atoms with Crippen molar-refractivity contribution in [2.75, 3.05) is 13.4 Å². The normalized spacial score (nSPS) is 24.4. The molecule has 0 aromatic carbocycles. The van der Waals surface area contributed by atoms with Crippen LogP contribution in [0.4, 0.5) is 0 Å². The molecule has 0 N–H and O–H groups in total. The quantitative estimate of drug-likeness (QED) is 0.626. The van der Waals surface area contributed by atoms with E-state index in [4.69, 9.17) is 4.74 Å². The van der Waals surface area contributed by atoms with E-state index in [9.17, 15) is 0 Å². The van der Waals surface area contributed by atoms with Gasteiger partial charge in [-0.1, -0.05) is 6.08 Å². The van der Waals surface area contributed by atoms with E-state index in [1.54, 1.807) is 18.9 Å². The van der Waals surface area contributed by atoms with Crippen LogP contribution < -0.4 is 0 Å². The van der Waals surface area contributed by atoms with Gasteiger partial charge >= 0.3 is 0 Å². The van der Waals surface area contributed by atoms with Crippen LogP contribution >= 0.6 is 11.8 Å². The summed E-state index contributed by atoms with van der Waals surface area (Å²) in [6, 6.07) is 0. The fourth-order valence-electron chi connectivity index (χ4n) is 1.25. The van der Waals surface area contributed by atoms with Gasteiger partial charge < -0.3 is 4.74 Å². The molecule has 0 fully saturated rings. The number of thioether (sulfide) groups is 1. The average Bonchev–Trinajstić information content (AvgIpc) is 2.26. The maximum Gasteiger partial charge on any atom is 0.105 e. The van der Waals surface area contributed by atoms with E-state index in [2.05, 4.69) is 11.1 Å². The van der Waals surface area contributed by atoms with Crippen LogP contribution in [0.2, 0.25) is 0 Å². The highest BCUT2D eigenvalue weighted by Gasteiger charge is 2.15. The van der Waals surface area contributed by atoms with Gasteiger partial charge in [0.05, 0.1) is 0 Å². The molecule has 2 nitrogen and oxygen atoms in total. The maximum absolute atomic E-state index is 5.34. The van der Waals surface area contributed by atoms with Gasteiger partial charge in [-0.2, -0.15) is 0 Å². The lowest BCUT2D eigenvalue weighted by Gasteiger charge is -2.13. The molecule has 12 heavy (non-hydrogen) atoms. The topological polar surface area (TPSA) is 21.6 Å². The predicted molar refractivity (Wildman–Crippen MR) is 54.7 cm³/mol. The molecule has 3 heteroatoms. The Bertz CT molecular complexity index is 211. The van der Waals surface area contributed by atoms with Crippen molar-refractivity contribution in [3.63, 3.8) is 0 Å². The minimum Gasteiger partial charge on any atom is -0.375 e. The Labute approximate surface area is 78.1 Å². The first-order valence-corrected chi connectivity index (χ1v) is 5.32. The van der Waals surface area contributed by atoms with E-state index >= 15 is 0 Å². The van der Waals surface area contributed by atoms with Gasteiger partial charge in [-0.15, -0.1) is 11.8 Å². The van der Waals surface area contributed by atoms with Gasteiger partial charge in [-0.25, -0.2) is 4.99 Å². The Kier molecular flexibility index (Phi) is 3.82. The van der Waals surface area contributed by atoms with Crippen molar-refractivity contribution in [3.8, 4) is 0 Å². The van der Waals surface area contributed by atoms with Crippen molar-refractivity contribution < 1.29 is 4.74 Å². The van der Waals surface area contributed by atoms with Crippen molar-refractivity contribution in [1.29, 1.82) is 0 Å². The number of hydrogen-bond acceptors (Lipinski definition) is 3. The van der Waals surface area contributed by atoms with Crippen LogP contribution in [-0.2, 0) is 4.74 Å². The van der Waals surface area contributed by atoms with Gasteiger partial charge in [-0.05, 0) is 26.0 Å². The Morgan fingerprint density at radius 3 is 3.00 bits per heavy atom. The summed E-state index contributed by atoms with van der Waals surface area (Å²) in [4.78, 5) is 4.46. The smallest absolute Gasteiger partial charge is 0.105 e. The molecule has 0 saturated carbocycles. The largest absolute Gasteiger partial charge is 0.375 e. The van der Waals surface area contributed by atoms with Crippen molar-refractivity contribution in [2.24, 2.45) is 4.99 Å². The van der Waals surface area contributed by atoms with Gasteiger partial charge in [-0.3, -0.25) is 0 Å². The van der Waals surface area contributed by atoms with Gasteiger partial charge in [0.25, 0.3) is 0 Å². The van der Waals surface area contributed by atoms with Crippen molar-refractivity contribution in [3.05, 3.63) is 11.8 Å². The fraction of sp³-hybridized carbons (Fsp3) is 0.667. The highest BCUT2D eigenvalue weighted by atomic mass is 32.2. The Morgan fingerprint density at radius 2 is 2.42 bits per heavy atom. The molecule has 0 spiro atoms. The van der Waals surface area contributed by atoms with Gasteiger partial charge in [0.1, 0.15) is 11.1 Å². The lowest BCUT2D eigenvalue weighted by atomic mass is 10.2. The molecule has 1 aliphatic heterocycles. The zero-order valence-electron chi connectivity index (χ0n) is 7.83. The minimum atomic E-state index is 0.202. The monoisotopic (exact) mass is 185 g/mol. The molecule has 0 aromatic heterocycles. The fourth-order valence-corrected chi connectivity index (χ4v) is 1.97.